The fourth-order valence-electron chi connectivity index (χ4n) is 12.4. The van der Waals surface area contributed by atoms with Crippen molar-refractivity contribution in [3.8, 4) is 28.4 Å². The number of hydrogen-bond acceptors (Lipinski definition) is 11. The number of hydrogen-bond donors (Lipinski definition) is 0. The molecule has 0 spiro atoms. The van der Waals surface area contributed by atoms with Gasteiger partial charge in [-0.3, -0.25) is 39.2 Å². The summed E-state index contributed by atoms with van der Waals surface area (Å²) in [5.41, 5.74) is 9.78. The molecule has 0 radical (unpaired) electrons. The minimum absolute atomic E-state index is 0.246. The molecule has 2 fully saturated rings. The third-order valence-electron chi connectivity index (χ3n) is 17.6. The van der Waals surface area contributed by atoms with E-state index in [9.17, 15) is 26.3 Å². The molecule has 2 aliphatic heterocycles. The number of ether oxygens (including phenoxy) is 3. The molecule has 11 nitrogen and oxygen atoms in total. The molecule has 8 aromatic rings. The second-order valence-electron chi connectivity index (χ2n) is 24.5. The van der Waals surface area contributed by atoms with Crippen LogP contribution in [0.25, 0.3) is 11.1 Å². The highest BCUT2D eigenvalue weighted by Gasteiger charge is 2.22. The topological polar surface area (TPSA) is 53.6 Å². The third-order valence-corrected chi connectivity index (χ3v) is 17.6. The molecule has 10 rings (SSSR count). The van der Waals surface area contributed by atoms with Crippen LogP contribution in [-0.2, 0) is 52.4 Å². The summed E-state index contributed by atoms with van der Waals surface area (Å²) < 4.78 is 104. The van der Waals surface area contributed by atoms with Crippen LogP contribution < -0.4 is 14.2 Å². The fraction of sp³-hybridized carbons (Fsp3) is 0.360. The maximum Gasteiger partial charge on any atom is 0.126 e. The summed E-state index contributed by atoms with van der Waals surface area (Å²) in [6, 6.07) is 53.5. The van der Waals surface area contributed by atoms with Gasteiger partial charge < -0.3 is 14.2 Å². The quantitative estimate of drug-likeness (QED) is 0.0686. The second-order valence-corrected chi connectivity index (χ2v) is 24.5. The van der Waals surface area contributed by atoms with Crippen molar-refractivity contribution >= 4 is 0 Å². The lowest BCUT2D eigenvalue weighted by Gasteiger charge is -2.34. The first kappa shape index (κ1) is 67.3. The van der Waals surface area contributed by atoms with Crippen molar-refractivity contribution in [2.45, 2.75) is 52.4 Å². The number of methoxy groups -OCH3 is 3. The molecule has 0 amide bonds. The average molecular weight is 1260 g/mol. The summed E-state index contributed by atoms with van der Waals surface area (Å²) in [7, 11) is 5.11. The molecule has 92 heavy (non-hydrogen) atoms. The number of rotatable bonds is 20. The molecule has 2 aliphatic rings. The molecule has 8 aromatic carbocycles. The predicted molar refractivity (Wildman–Crippen MR) is 352 cm³/mol. The Morgan fingerprint density at radius 1 is 0.217 bits per heavy atom. The zero-order valence-electron chi connectivity index (χ0n) is 53.3. The van der Waals surface area contributed by atoms with Crippen LogP contribution in [0.4, 0.5) is 26.3 Å². The molecule has 0 atom stereocenters. The van der Waals surface area contributed by atoms with Gasteiger partial charge in [0.15, 0.2) is 0 Å². The highest BCUT2D eigenvalue weighted by molar-refractivity contribution is 5.64. The molecule has 0 bridgehead atoms. The Labute approximate surface area is 539 Å². The van der Waals surface area contributed by atoms with Gasteiger partial charge in [-0.25, -0.2) is 26.3 Å². The van der Waals surface area contributed by atoms with Gasteiger partial charge in [0.2, 0.25) is 0 Å². The number of halogens is 6. The molecule has 486 valence electrons. The van der Waals surface area contributed by atoms with Gasteiger partial charge in [0.05, 0.1) is 21.3 Å². The van der Waals surface area contributed by atoms with Crippen LogP contribution in [0.15, 0.2) is 176 Å². The van der Waals surface area contributed by atoms with Gasteiger partial charge in [0.25, 0.3) is 0 Å². The van der Waals surface area contributed by atoms with Crippen molar-refractivity contribution in [1.82, 2.24) is 39.2 Å². The molecule has 0 aliphatic carbocycles. The minimum atomic E-state index is -0.672. The van der Waals surface area contributed by atoms with Crippen molar-refractivity contribution in [3.63, 3.8) is 0 Å². The molecular weight excluding hydrogens is 1170 g/mol. The standard InChI is InChI=1S/C75H86F6N8O3/c1-90-73-18-8-59(9-19-73)51-84-26-24-82(25-27-85(52-60-10-20-74(91-2)21-11-60)29-31-86(30-28-84)53-61-12-22-75(92-3)23-13-61)49-57-4-14-65(15-5-57)66-16-6-58(7-17-66)50-83-32-34-87(54-62-40-67(76)46-68(77)41-62)36-38-89(56-64-44-71(80)48-72(81)45-64)39-37-88(35-33-83)55-63-42-69(78)47-70(79)43-63/h4-23,40-48H,24-39,49-56H2,1-3H3. The lowest BCUT2D eigenvalue weighted by Crippen LogP contribution is -2.45. The van der Waals surface area contributed by atoms with Gasteiger partial charge in [0, 0.05) is 175 Å². The van der Waals surface area contributed by atoms with E-state index in [0.29, 0.717) is 75.6 Å². The van der Waals surface area contributed by atoms with E-state index in [-0.39, 0.29) is 19.6 Å². The molecule has 2 heterocycles. The summed E-state index contributed by atoms with van der Waals surface area (Å²) in [5, 5.41) is 0. The Hall–Kier alpha value is -7.58. The third kappa shape index (κ3) is 21.2. The molecule has 0 saturated carbocycles. The molecule has 17 heteroatoms. The van der Waals surface area contributed by atoms with Crippen LogP contribution >= 0.6 is 0 Å². The van der Waals surface area contributed by atoms with Crippen LogP contribution in [0.2, 0.25) is 0 Å². The lowest BCUT2D eigenvalue weighted by molar-refractivity contribution is 0.122. The van der Waals surface area contributed by atoms with E-state index in [1.165, 1.54) is 58.7 Å². The summed E-state index contributed by atoms with van der Waals surface area (Å²) >= 11 is 0. The highest BCUT2D eigenvalue weighted by atomic mass is 19.2. The van der Waals surface area contributed by atoms with Gasteiger partial charge >= 0.3 is 0 Å². The molecule has 0 unspecified atom stereocenters. The van der Waals surface area contributed by atoms with Crippen molar-refractivity contribution < 1.29 is 40.6 Å². The highest BCUT2D eigenvalue weighted by Crippen LogP contribution is 2.25. The van der Waals surface area contributed by atoms with Gasteiger partial charge in [-0.15, -0.1) is 0 Å². The normalized spacial score (nSPS) is 16.7. The Balaban J connectivity index is 0.840. The van der Waals surface area contributed by atoms with Gasteiger partial charge in [-0.05, 0) is 128 Å². The first-order chi connectivity index (χ1) is 44.7. The lowest BCUT2D eigenvalue weighted by atomic mass is 10.0. The predicted octanol–water partition coefficient (Wildman–Crippen LogP) is 12.9. The van der Waals surface area contributed by atoms with E-state index in [0.717, 1.165) is 131 Å². The first-order valence-electron chi connectivity index (χ1n) is 31.9. The van der Waals surface area contributed by atoms with Crippen molar-refractivity contribution in [3.05, 3.63) is 255 Å². The van der Waals surface area contributed by atoms with Gasteiger partial charge in [-0.1, -0.05) is 84.9 Å². The van der Waals surface area contributed by atoms with E-state index < -0.39 is 34.9 Å². The molecular formula is C75H86F6N8O3. The average Bonchev–Trinajstić information content (AvgIpc) is 3.26. The van der Waals surface area contributed by atoms with Crippen LogP contribution in [0, 0.1) is 34.9 Å². The Bertz CT molecular complexity index is 3360. The SMILES string of the molecule is COc1ccc(CN2CCN(Cc3ccc(OC)cc3)CCN(Cc3ccc(-c4ccc(CN5CCN(Cc6cc(F)cc(F)c6)CCN(Cc6cc(F)cc(F)c6)CCN(Cc6cc(F)cc(F)c6)CC5)cc4)cc3)CCN(Cc3ccc(OC)cc3)CC2)cc1. The summed E-state index contributed by atoms with van der Waals surface area (Å²) in [6.07, 6.45) is 0. The van der Waals surface area contributed by atoms with Crippen LogP contribution in [-0.4, -0.2) is 165 Å². The van der Waals surface area contributed by atoms with Gasteiger partial charge in [-0.2, -0.15) is 0 Å². The van der Waals surface area contributed by atoms with E-state index in [4.69, 9.17) is 14.2 Å². The zero-order valence-corrected chi connectivity index (χ0v) is 53.3. The second kappa shape index (κ2) is 33.8. The number of benzene rings is 8. The van der Waals surface area contributed by atoms with Crippen molar-refractivity contribution in [2.24, 2.45) is 0 Å². The van der Waals surface area contributed by atoms with Gasteiger partial charge in [0.1, 0.15) is 52.2 Å². The Morgan fingerprint density at radius 2 is 0.370 bits per heavy atom. The Morgan fingerprint density at radius 3 is 0.533 bits per heavy atom. The minimum Gasteiger partial charge on any atom is -0.497 e. The van der Waals surface area contributed by atoms with E-state index >= 15 is 0 Å². The Kier molecular flexibility index (Phi) is 24.8. The molecule has 0 N–H and O–H groups in total. The van der Waals surface area contributed by atoms with E-state index in [1.807, 2.05) is 36.4 Å². The van der Waals surface area contributed by atoms with E-state index in [2.05, 4.69) is 124 Å². The monoisotopic (exact) mass is 1260 g/mol. The summed E-state index contributed by atoms with van der Waals surface area (Å²) in [6.45, 7) is 16.2. The summed E-state index contributed by atoms with van der Waals surface area (Å²) in [4.78, 5) is 19.2. The molecule has 2 saturated heterocycles. The fourth-order valence-corrected chi connectivity index (χ4v) is 12.4. The number of nitrogens with zero attached hydrogens (tertiary/aromatic N) is 8. The maximum atomic E-state index is 14.6. The van der Waals surface area contributed by atoms with Crippen LogP contribution in [0.5, 0.6) is 17.2 Å². The van der Waals surface area contributed by atoms with E-state index in [1.54, 1.807) is 21.3 Å². The first-order valence-corrected chi connectivity index (χ1v) is 31.9. The summed E-state index contributed by atoms with van der Waals surface area (Å²) in [5.74, 6) is -1.40. The molecule has 0 aromatic heterocycles. The smallest absolute Gasteiger partial charge is 0.126 e. The van der Waals surface area contributed by atoms with Crippen molar-refractivity contribution in [1.29, 1.82) is 0 Å². The van der Waals surface area contributed by atoms with Crippen molar-refractivity contribution in [2.75, 3.05) is 126 Å². The van der Waals surface area contributed by atoms with Crippen LogP contribution in [0.3, 0.4) is 0 Å². The largest absolute Gasteiger partial charge is 0.497 e. The maximum absolute atomic E-state index is 14.6. The van der Waals surface area contributed by atoms with Crippen LogP contribution in [0.1, 0.15) is 44.5 Å². The zero-order chi connectivity index (χ0) is 64.2.